The van der Waals surface area contributed by atoms with Crippen LogP contribution in [0.5, 0.6) is 0 Å². The molecule has 2 amide bonds. The fourth-order valence-electron chi connectivity index (χ4n) is 2.89. The van der Waals surface area contributed by atoms with Crippen molar-refractivity contribution >= 4 is 29.1 Å². The average molecular weight is 362 g/mol. The van der Waals surface area contributed by atoms with Gasteiger partial charge in [-0.15, -0.1) is 0 Å². The molecule has 25 heavy (non-hydrogen) atoms. The summed E-state index contributed by atoms with van der Waals surface area (Å²) in [7, 11) is 0. The minimum absolute atomic E-state index is 0.129. The van der Waals surface area contributed by atoms with Gasteiger partial charge in [0.25, 0.3) is 11.8 Å². The van der Waals surface area contributed by atoms with Gasteiger partial charge in [0.1, 0.15) is 0 Å². The number of nitrogens with one attached hydrogen (secondary N) is 2. The number of benzene rings is 1. The van der Waals surface area contributed by atoms with Crippen LogP contribution in [0.3, 0.4) is 0 Å². The largest absolute Gasteiger partial charge is 0.459 e. The Bertz CT molecular complexity index is 753. The molecule has 1 aliphatic carbocycles. The zero-order chi connectivity index (χ0) is 17.8. The third-order valence-corrected chi connectivity index (χ3v) is 4.66. The first-order valence-corrected chi connectivity index (χ1v) is 8.61. The molecule has 1 aromatic heterocycles. The number of carbonyl (C=O) groups is 2. The van der Waals surface area contributed by atoms with E-state index >= 15 is 0 Å². The molecule has 1 saturated carbocycles. The highest BCUT2D eigenvalue weighted by molar-refractivity contribution is 6.34. The second-order valence-electron chi connectivity index (χ2n) is 6.21. The maximum absolute atomic E-state index is 12.5. The Morgan fingerprint density at radius 2 is 1.88 bits per heavy atom. The van der Waals surface area contributed by atoms with Crippen molar-refractivity contribution in [2.24, 2.45) is 5.73 Å². The highest BCUT2D eigenvalue weighted by Crippen LogP contribution is 2.24. The first kappa shape index (κ1) is 17.5. The molecule has 132 valence electrons. The third kappa shape index (κ3) is 4.41. The molecular weight excluding hydrogens is 342 g/mol. The maximum atomic E-state index is 12.5. The zero-order valence-electron chi connectivity index (χ0n) is 13.6. The van der Waals surface area contributed by atoms with Crippen LogP contribution in [-0.2, 0) is 0 Å². The van der Waals surface area contributed by atoms with Gasteiger partial charge in [0.05, 0.1) is 17.0 Å². The molecule has 0 atom stereocenters. The molecule has 4 N–H and O–H groups in total. The van der Waals surface area contributed by atoms with Crippen LogP contribution in [0.2, 0.25) is 5.02 Å². The van der Waals surface area contributed by atoms with Crippen molar-refractivity contribution < 1.29 is 14.0 Å². The number of nitrogens with two attached hydrogens (primary N) is 1. The first-order chi connectivity index (χ1) is 12.0. The molecule has 1 aliphatic rings. The highest BCUT2D eigenvalue weighted by atomic mass is 35.5. The molecule has 0 unspecified atom stereocenters. The molecule has 0 aliphatic heterocycles. The number of hydrogen-bond donors (Lipinski definition) is 3. The fourth-order valence-corrected chi connectivity index (χ4v) is 3.05. The van der Waals surface area contributed by atoms with Crippen LogP contribution in [0.1, 0.15) is 46.6 Å². The molecule has 0 bridgehead atoms. The number of rotatable bonds is 4. The molecule has 7 heteroatoms. The molecule has 1 aromatic carbocycles. The number of hydrogen-bond acceptors (Lipinski definition) is 4. The highest BCUT2D eigenvalue weighted by Gasteiger charge is 2.21. The van der Waals surface area contributed by atoms with Crippen LogP contribution in [0.15, 0.2) is 41.0 Å². The molecule has 3 rings (SSSR count). The van der Waals surface area contributed by atoms with Crippen molar-refractivity contribution in [3.05, 3.63) is 52.9 Å². The lowest BCUT2D eigenvalue weighted by Gasteiger charge is -2.26. The van der Waals surface area contributed by atoms with Gasteiger partial charge in [0.15, 0.2) is 5.76 Å². The first-order valence-electron chi connectivity index (χ1n) is 8.24. The number of furan rings is 1. The molecule has 0 spiro atoms. The van der Waals surface area contributed by atoms with E-state index in [0.29, 0.717) is 16.3 Å². The summed E-state index contributed by atoms with van der Waals surface area (Å²) in [6.45, 7) is 0. The second kappa shape index (κ2) is 7.72. The van der Waals surface area contributed by atoms with Crippen LogP contribution >= 0.6 is 11.6 Å². The summed E-state index contributed by atoms with van der Waals surface area (Å²) in [5.41, 5.74) is 6.69. The van der Waals surface area contributed by atoms with Gasteiger partial charge in [-0.1, -0.05) is 11.6 Å². The van der Waals surface area contributed by atoms with Crippen LogP contribution in [0.25, 0.3) is 0 Å². The number of halogens is 1. The van der Waals surface area contributed by atoms with Crippen LogP contribution < -0.4 is 16.4 Å². The van der Waals surface area contributed by atoms with Gasteiger partial charge in [-0.2, -0.15) is 0 Å². The summed E-state index contributed by atoms with van der Waals surface area (Å²) in [4.78, 5) is 24.5. The van der Waals surface area contributed by atoms with Gasteiger partial charge in [0.2, 0.25) is 0 Å². The van der Waals surface area contributed by atoms with E-state index in [1.807, 2.05) is 0 Å². The maximum Gasteiger partial charge on any atom is 0.291 e. The Morgan fingerprint density at radius 1 is 1.12 bits per heavy atom. The standard InChI is InChI=1S/C18H20ClN3O3/c19-14-8-3-11(17(23)21-13-6-4-12(20)5-7-13)10-15(14)22-18(24)16-2-1-9-25-16/h1-3,8-10,12-13H,4-7,20H2,(H,21,23)(H,22,24). The SMILES string of the molecule is NC1CCC(NC(=O)c2ccc(Cl)c(NC(=O)c3ccco3)c2)CC1. The van der Waals surface area contributed by atoms with Gasteiger partial charge >= 0.3 is 0 Å². The van der Waals surface area contributed by atoms with E-state index in [0.717, 1.165) is 25.7 Å². The van der Waals surface area contributed by atoms with Gasteiger partial charge in [-0.3, -0.25) is 9.59 Å². The molecule has 0 saturated heterocycles. The summed E-state index contributed by atoms with van der Waals surface area (Å²) in [5, 5.41) is 6.02. The van der Waals surface area contributed by atoms with Gasteiger partial charge in [-0.05, 0) is 56.0 Å². The van der Waals surface area contributed by atoms with E-state index in [9.17, 15) is 9.59 Å². The van der Waals surface area contributed by atoms with Crippen molar-refractivity contribution in [2.75, 3.05) is 5.32 Å². The van der Waals surface area contributed by atoms with Gasteiger partial charge in [-0.25, -0.2) is 0 Å². The van der Waals surface area contributed by atoms with Crippen LogP contribution in [0.4, 0.5) is 5.69 Å². The summed E-state index contributed by atoms with van der Waals surface area (Å²) < 4.78 is 5.05. The zero-order valence-corrected chi connectivity index (χ0v) is 14.4. The Hall–Kier alpha value is -2.31. The van der Waals surface area contributed by atoms with Crippen LogP contribution in [0, 0.1) is 0 Å². The lowest BCUT2D eigenvalue weighted by atomic mass is 9.91. The van der Waals surface area contributed by atoms with Gasteiger partial charge in [0, 0.05) is 17.6 Å². The molecule has 1 fully saturated rings. The van der Waals surface area contributed by atoms with Crippen molar-refractivity contribution in [1.29, 1.82) is 0 Å². The Labute approximate surface area is 150 Å². The fraction of sp³-hybridized carbons (Fsp3) is 0.333. The van der Waals surface area contributed by atoms with Crippen molar-refractivity contribution in [3.8, 4) is 0 Å². The van der Waals surface area contributed by atoms with Crippen molar-refractivity contribution in [3.63, 3.8) is 0 Å². The number of amides is 2. The number of anilines is 1. The quantitative estimate of drug-likeness (QED) is 0.779. The van der Waals surface area contributed by atoms with Crippen LogP contribution in [-0.4, -0.2) is 23.9 Å². The van der Waals surface area contributed by atoms with E-state index in [1.165, 1.54) is 6.26 Å². The summed E-state index contributed by atoms with van der Waals surface area (Å²) in [5.74, 6) is -0.444. The molecule has 0 radical (unpaired) electrons. The molecule has 6 nitrogen and oxygen atoms in total. The molecular formula is C18H20ClN3O3. The smallest absolute Gasteiger partial charge is 0.291 e. The minimum atomic E-state index is -0.425. The molecule has 1 heterocycles. The lowest BCUT2D eigenvalue weighted by Crippen LogP contribution is -2.40. The van der Waals surface area contributed by atoms with Crippen molar-refractivity contribution in [1.82, 2.24) is 5.32 Å². The predicted octanol–water partition coefficient (Wildman–Crippen LogP) is 3.19. The summed E-state index contributed by atoms with van der Waals surface area (Å²) in [6, 6.07) is 8.31. The number of carbonyl (C=O) groups excluding carboxylic acids is 2. The Morgan fingerprint density at radius 3 is 2.56 bits per heavy atom. The Balaban J connectivity index is 1.68. The lowest BCUT2D eigenvalue weighted by molar-refractivity contribution is 0.0924. The van der Waals surface area contributed by atoms with E-state index < -0.39 is 5.91 Å². The monoisotopic (exact) mass is 361 g/mol. The van der Waals surface area contributed by atoms with E-state index in [-0.39, 0.29) is 23.8 Å². The third-order valence-electron chi connectivity index (χ3n) is 4.33. The van der Waals surface area contributed by atoms with Gasteiger partial charge < -0.3 is 20.8 Å². The summed E-state index contributed by atoms with van der Waals surface area (Å²) in [6.07, 6.45) is 4.99. The van der Waals surface area contributed by atoms with Crippen molar-refractivity contribution in [2.45, 2.75) is 37.8 Å². The molecule has 2 aromatic rings. The normalized spacial score (nSPS) is 20.1. The Kier molecular flexibility index (Phi) is 5.40. The van der Waals surface area contributed by atoms with E-state index in [4.69, 9.17) is 21.8 Å². The average Bonchev–Trinajstić information content (AvgIpc) is 3.13. The minimum Gasteiger partial charge on any atom is -0.459 e. The van der Waals surface area contributed by atoms with E-state index in [2.05, 4.69) is 10.6 Å². The van der Waals surface area contributed by atoms with E-state index in [1.54, 1.807) is 30.3 Å². The second-order valence-corrected chi connectivity index (χ2v) is 6.62. The topological polar surface area (TPSA) is 97.4 Å². The predicted molar refractivity (Wildman–Crippen MR) is 95.8 cm³/mol. The summed E-state index contributed by atoms with van der Waals surface area (Å²) >= 11 is 6.12.